The average molecular weight is 502 g/mol. The number of hydrogen-bond donors (Lipinski definition) is 4. The Balaban J connectivity index is 1.65. The largest absolute Gasteiger partial charge is 0.350 e. The molecule has 3 aromatic rings. The number of rotatable bonds is 7. The fourth-order valence-electron chi connectivity index (χ4n) is 4.50. The molecule has 0 fully saturated rings. The minimum absolute atomic E-state index is 0.00813. The highest BCUT2D eigenvalue weighted by molar-refractivity contribution is 5.99. The van der Waals surface area contributed by atoms with Crippen LogP contribution in [-0.2, 0) is 11.8 Å². The van der Waals surface area contributed by atoms with Gasteiger partial charge in [0, 0.05) is 47.0 Å². The van der Waals surface area contributed by atoms with Gasteiger partial charge in [0.2, 0.25) is 5.95 Å². The van der Waals surface area contributed by atoms with E-state index in [0.717, 1.165) is 30.0 Å². The fraction of sp³-hybridized carbons (Fsp3) is 0.448. The molecule has 0 aliphatic carbocycles. The van der Waals surface area contributed by atoms with E-state index in [1.165, 1.54) is 11.1 Å². The summed E-state index contributed by atoms with van der Waals surface area (Å²) in [6, 6.07) is 10.6. The van der Waals surface area contributed by atoms with Gasteiger partial charge in [-0.15, -0.1) is 0 Å². The number of amides is 1. The molecule has 8 nitrogen and oxygen atoms in total. The van der Waals surface area contributed by atoms with E-state index in [-0.39, 0.29) is 17.4 Å². The number of carbonyl (C=O) groups is 1. The van der Waals surface area contributed by atoms with Crippen molar-refractivity contribution in [3.63, 3.8) is 0 Å². The Hall–Kier alpha value is -3.52. The molecule has 0 bridgehead atoms. The molecule has 2 aromatic heterocycles. The Labute approximate surface area is 220 Å². The van der Waals surface area contributed by atoms with Crippen LogP contribution in [0.5, 0.6) is 0 Å². The van der Waals surface area contributed by atoms with Gasteiger partial charge in [-0.1, -0.05) is 40.7 Å². The normalized spacial score (nSPS) is 15.4. The lowest BCUT2D eigenvalue weighted by Gasteiger charge is -2.30. The molecule has 4 rings (SSSR count). The number of pyridine rings is 1. The van der Waals surface area contributed by atoms with Gasteiger partial charge in [-0.05, 0) is 68.1 Å². The molecule has 0 radical (unpaired) electrons. The number of nitrogens with zero attached hydrogens (tertiary/aromatic N) is 3. The van der Waals surface area contributed by atoms with Crippen LogP contribution in [0, 0.1) is 5.92 Å². The summed E-state index contributed by atoms with van der Waals surface area (Å²) >= 11 is 0. The third-order valence-corrected chi connectivity index (χ3v) is 6.40. The van der Waals surface area contributed by atoms with E-state index < -0.39 is 0 Å². The number of anilines is 4. The number of aromatic nitrogens is 3. The molecule has 8 heteroatoms. The predicted octanol–water partition coefficient (Wildman–Crippen LogP) is 5.64. The summed E-state index contributed by atoms with van der Waals surface area (Å²) in [5.74, 6) is 1.15. The number of fused-ring (bicyclic) bond motifs is 1. The van der Waals surface area contributed by atoms with Crippen molar-refractivity contribution in [2.75, 3.05) is 17.2 Å². The maximum Gasteiger partial charge on any atom is 0.256 e. The lowest BCUT2D eigenvalue weighted by molar-refractivity contribution is 0.0943. The molecule has 1 unspecified atom stereocenters. The molecule has 1 aliphatic rings. The van der Waals surface area contributed by atoms with E-state index in [9.17, 15) is 4.79 Å². The van der Waals surface area contributed by atoms with E-state index in [2.05, 4.69) is 84.1 Å². The predicted molar refractivity (Wildman–Crippen MR) is 150 cm³/mol. The van der Waals surface area contributed by atoms with Crippen molar-refractivity contribution in [1.82, 2.24) is 25.6 Å². The Kier molecular flexibility index (Phi) is 7.78. The molecule has 1 amide bonds. The van der Waals surface area contributed by atoms with Crippen LogP contribution < -0.4 is 21.3 Å². The average Bonchev–Trinajstić information content (AvgIpc) is 2.83. The van der Waals surface area contributed by atoms with Crippen molar-refractivity contribution in [1.29, 1.82) is 0 Å². The Morgan fingerprint density at radius 1 is 1.03 bits per heavy atom. The standard InChI is InChI=1S/C29H39N7O/c1-17(2)25-22-9-8-20(14-19(22)10-12-31-25)35-28-32-16-23(27(37)33-18(3)4)26(36-28)34-21-11-13-30-24(15-21)29(5,6)7/h8-9,11,13-18,25,31H,10,12H2,1-7H3,(H,33,37)(H2,30,32,34,35,36). The van der Waals surface area contributed by atoms with Crippen LogP contribution in [-0.4, -0.2) is 33.4 Å². The summed E-state index contributed by atoms with van der Waals surface area (Å²) in [5, 5.41) is 13.2. The number of benzene rings is 1. The van der Waals surface area contributed by atoms with Gasteiger partial charge in [-0.2, -0.15) is 4.98 Å². The van der Waals surface area contributed by atoms with Crippen molar-refractivity contribution in [3.05, 3.63) is 65.1 Å². The van der Waals surface area contributed by atoms with Gasteiger partial charge in [0.25, 0.3) is 5.91 Å². The van der Waals surface area contributed by atoms with Crippen molar-refractivity contribution < 1.29 is 4.79 Å². The number of carbonyl (C=O) groups excluding carboxylic acids is 1. The highest BCUT2D eigenvalue weighted by atomic mass is 16.1. The van der Waals surface area contributed by atoms with E-state index >= 15 is 0 Å². The smallest absolute Gasteiger partial charge is 0.256 e. The first-order valence-corrected chi connectivity index (χ1v) is 13.1. The molecule has 1 aromatic carbocycles. The van der Waals surface area contributed by atoms with Crippen molar-refractivity contribution in [3.8, 4) is 0 Å². The van der Waals surface area contributed by atoms with Crippen LogP contribution in [0.2, 0.25) is 0 Å². The molecule has 0 saturated heterocycles. The summed E-state index contributed by atoms with van der Waals surface area (Å²) < 4.78 is 0. The van der Waals surface area contributed by atoms with E-state index in [1.54, 1.807) is 12.4 Å². The third kappa shape index (κ3) is 6.43. The van der Waals surface area contributed by atoms with Crippen molar-refractivity contribution in [2.24, 2.45) is 5.92 Å². The SMILES string of the molecule is CC(C)NC(=O)c1cnc(Nc2ccc3c(c2)CCNC3C(C)C)nc1Nc1ccnc(C(C)(C)C)c1. The van der Waals surface area contributed by atoms with Crippen LogP contribution >= 0.6 is 0 Å². The molecule has 4 N–H and O–H groups in total. The molecule has 1 aliphatic heterocycles. The Morgan fingerprint density at radius 3 is 2.49 bits per heavy atom. The second kappa shape index (κ2) is 10.8. The lowest BCUT2D eigenvalue weighted by Crippen LogP contribution is -2.33. The fourth-order valence-corrected chi connectivity index (χ4v) is 4.50. The summed E-state index contributed by atoms with van der Waals surface area (Å²) in [6.45, 7) is 15.6. The van der Waals surface area contributed by atoms with E-state index in [1.807, 2.05) is 26.0 Å². The zero-order chi connectivity index (χ0) is 26.7. The summed E-state index contributed by atoms with van der Waals surface area (Å²) in [5.41, 5.74) is 5.63. The Morgan fingerprint density at radius 2 is 1.78 bits per heavy atom. The van der Waals surface area contributed by atoms with Crippen LogP contribution in [0.15, 0.2) is 42.7 Å². The summed E-state index contributed by atoms with van der Waals surface area (Å²) in [7, 11) is 0. The first-order valence-electron chi connectivity index (χ1n) is 13.1. The van der Waals surface area contributed by atoms with Crippen molar-refractivity contribution >= 4 is 29.0 Å². The maximum absolute atomic E-state index is 12.9. The molecular formula is C29H39N7O. The first-order chi connectivity index (χ1) is 17.5. The summed E-state index contributed by atoms with van der Waals surface area (Å²) in [4.78, 5) is 26.6. The number of hydrogen-bond acceptors (Lipinski definition) is 7. The van der Waals surface area contributed by atoms with Gasteiger partial charge in [-0.25, -0.2) is 4.98 Å². The van der Waals surface area contributed by atoms with Gasteiger partial charge >= 0.3 is 0 Å². The molecule has 1 atom stereocenters. The third-order valence-electron chi connectivity index (χ3n) is 6.40. The number of nitrogens with one attached hydrogen (secondary N) is 4. The van der Waals surface area contributed by atoms with Gasteiger partial charge in [0.05, 0.1) is 0 Å². The quantitative estimate of drug-likeness (QED) is 0.332. The molecule has 3 heterocycles. The van der Waals surface area contributed by atoms with E-state index in [0.29, 0.717) is 29.3 Å². The minimum Gasteiger partial charge on any atom is -0.350 e. The molecule has 196 valence electrons. The van der Waals surface area contributed by atoms with Crippen LogP contribution in [0.4, 0.5) is 23.1 Å². The summed E-state index contributed by atoms with van der Waals surface area (Å²) in [6.07, 6.45) is 4.32. The monoisotopic (exact) mass is 501 g/mol. The van der Waals surface area contributed by atoms with Gasteiger partial charge in [0.15, 0.2) is 0 Å². The zero-order valence-electron chi connectivity index (χ0n) is 22.9. The zero-order valence-corrected chi connectivity index (χ0v) is 22.9. The van der Waals surface area contributed by atoms with Gasteiger partial charge < -0.3 is 21.3 Å². The van der Waals surface area contributed by atoms with E-state index in [4.69, 9.17) is 4.98 Å². The van der Waals surface area contributed by atoms with Crippen molar-refractivity contribution in [2.45, 2.75) is 72.4 Å². The topological polar surface area (TPSA) is 104 Å². The Bertz CT molecular complexity index is 1260. The van der Waals surface area contributed by atoms with Crippen LogP contribution in [0.25, 0.3) is 0 Å². The second-order valence-corrected chi connectivity index (χ2v) is 11.4. The first kappa shape index (κ1) is 26.5. The molecule has 37 heavy (non-hydrogen) atoms. The molecular weight excluding hydrogens is 462 g/mol. The minimum atomic E-state index is -0.227. The van der Waals surface area contributed by atoms with Crippen LogP contribution in [0.1, 0.15) is 81.7 Å². The highest BCUT2D eigenvalue weighted by Gasteiger charge is 2.23. The second-order valence-electron chi connectivity index (χ2n) is 11.4. The molecule has 0 spiro atoms. The molecule has 0 saturated carbocycles. The van der Waals surface area contributed by atoms with Gasteiger partial charge in [0.1, 0.15) is 11.4 Å². The maximum atomic E-state index is 12.9. The lowest BCUT2D eigenvalue weighted by atomic mass is 9.88. The van der Waals surface area contributed by atoms with Gasteiger partial charge in [-0.3, -0.25) is 9.78 Å². The highest BCUT2D eigenvalue weighted by Crippen LogP contribution is 2.31. The van der Waals surface area contributed by atoms with Crippen LogP contribution in [0.3, 0.4) is 0 Å².